The molecule has 2 heterocycles. The molecule has 0 aliphatic heterocycles. The Morgan fingerprint density at radius 1 is 1.41 bits per heavy atom. The Morgan fingerprint density at radius 2 is 2.09 bits per heavy atom. The summed E-state index contributed by atoms with van der Waals surface area (Å²) in [6, 6.07) is 1.98. The first-order chi connectivity index (χ1) is 10.3. The molecule has 2 rings (SSSR count). The minimum atomic E-state index is 0.0619. The van der Waals surface area contributed by atoms with Crippen molar-refractivity contribution in [3.05, 3.63) is 39.1 Å². The van der Waals surface area contributed by atoms with Crippen LogP contribution in [0.2, 0.25) is 0 Å². The lowest BCUT2D eigenvalue weighted by Crippen LogP contribution is -2.26. The van der Waals surface area contributed by atoms with E-state index >= 15 is 0 Å². The third kappa shape index (κ3) is 3.24. The van der Waals surface area contributed by atoms with Crippen molar-refractivity contribution in [1.82, 2.24) is 14.5 Å². The number of nitrogens with zero attached hydrogens (tertiary/aromatic N) is 3. The molecule has 22 heavy (non-hydrogen) atoms. The topological polar surface area (TPSA) is 38.1 Å². The maximum Gasteiger partial charge on any atom is 0.255 e. The molecule has 0 saturated carbocycles. The molecule has 0 radical (unpaired) electrons. The van der Waals surface area contributed by atoms with Gasteiger partial charge in [0.05, 0.1) is 22.8 Å². The predicted octanol–water partition coefficient (Wildman–Crippen LogP) is 3.98. The van der Waals surface area contributed by atoms with Crippen LogP contribution in [0.4, 0.5) is 0 Å². The first-order valence-electron chi connectivity index (χ1n) is 7.71. The Morgan fingerprint density at radius 3 is 2.59 bits per heavy atom. The van der Waals surface area contributed by atoms with Gasteiger partial charge in [-0.1, -0.05) is 13.8 Å². The Labute approximate surface area is 136 Å². The number of carbonyl (C=O) groups is 1. The number of aryl methyl sites for hydroxylation is 1. The van der Waals surface area contributed by atoms with Gasteiger partial charge in [-0.2, -0.15) is 0 Å². The summed E-state index contributed by atoms with van der Waals surface area (Å²) < 4.78 is 2.17. The summed E-state index contributed by atoms with van der Waals surface area (Å²) in [6.07, 6.45) is 0. The van der Waals surface area contributed by atoms with Gasteiger partial charge in [0.15, 0.2) is 0 Å². The van der Waals surface area contributed by atoms with Gasteiger partial charge in [0, 0.05) is 36.3 Å². The zero-order chi connectivity index (χ0) is 16.4. The minimum absolute atomic E-state index is 0.0619. The van der Waals surface area contributed by atoms with Crippen LogP contribution >= 0.6 is 11.3 Å². The van der Waals surface area contributed by atoms with Crippen LogP contribution in [0.25, 0.3) is 0 Å². The Balaban J connectivity index is 2.15. The van der Waals surface area contributed by atoms with Crippen LogP contribution in [0.15, 0.2) is 11.4 Å². The lowest BCUT2D eigenvalue weighted by Gasteiger charge is -2.16. The Kier molecular flexibility index (Phi) is 5.06. The van der Waals surface area contributed by atoms with Crippen molar-refractivity contribution >= 4 is 17.2 Å². The van der Waals surface area contributed by atoms with Crippen molar-refractivity contribution in [2.75, 3.05) is 7.05 Å². The van der Waals surface area contributed by atoms with Crippen molar-refractivity contribution in [2.24, 2.45) is 0 Å². The van der Waals surface area contributed by atoms with Gasteiger partial charge in [-0.25, -0.2) is 4.98 Å². The number of hydrogen-bond acceptors (Lipinski definition) is 3. The maximum absolute atomic E-state index is 12.7. The second kappa shape index (κ2) is 6.65. The zero-order valence-electron chi connectivity index (χ0n) is 14.3. The molecule has 0 aliphatic rings. The fraction of sp³-hybridized carbons (Fsp3) is 0.529. The van der Waals surface area contributed by atoms with E-state index in [0.29, 0.717) is 12.5 Å². The second-order valence-electron chi connectivity index (χ2n) is 6.02. The highest BCUT2D eigenvalue weighted by Crippen LogP contribution is 2.21. The van der Waals surface area contributed by atoms with E-state index < -0.39 is 0 Å². The van der Waals surface area contributed by atoms with Crippen molar-refractivity contribution in [2.45, 2.75) is 53.6 Å². The monoisotopic (exact) mass is 319 g/mol. The summed E-state index contributed by atoms with van der Waals surface area (Å²) in [5, 5.41) is 3.18. The highest BCUT2D eigenvalue weighted by molar-refractivity contribution is 7.09. The summed E-state index contributed by atoms with van der Waals surface area (Å²) in [5.74, 6) is 0.495. The maximum atomic E-state index is 12.7. The molecule has 5 heteroatoms. The van der Waals surface area contributed by atoms with Crippen molar-refractivity contribution in [3.8, 4) is 0 Å². The van der Waals surface area contributed by atoms with E-state index in [0.717, 1.165) is 34.2 Å². The molecule has 1 amide bonds. The van der Waals surface area contributed by atoms with Crippen LogP contribution in [0, 0.1) is 13.8 Å². The number of amides is 1. The molecule has 0 fully saturated rings. The van der Waals surface area contributed by atoms with Gasteiger partial charge in [-0.05, 0) is 26.8 Å². The molecule has 2 aromatic rings. The van der Waals surface area contributed by atoms with Crippen molar-refractivity contribution < 1.29 is 4.79 Å². The van der Waals surface area contributed by atoms with Crippen molar-refractivity contribution in [1.29, 1.82) is 0 Å². The van der Waals surface area contributed by atoms with Gasteiger partial charge in [0.25, 0.3) is 5.91 Å². The summed E-state index contributed by atoms with van der Waals surface area (Å²) in [5.41, 5.74) is 3.93. The fourth-order valence-electron chi connectivity index (χ4n) is 2.69. The second-order valence-corrected chi connectivity index (χ2v) is 6.91. The zero-order valence-corrected chi connectivity index (χ0v) is 15.1. The van der Waals surface area contributed by atoms with Crippen LogP contribution in [-0.4, -0.2) is 27.4 Å². The van der Waals surface area contributed by atoms with E-state index in [9.17, 15) is 4.79 Å². The fourth-order valence-corrected chi connectivity index (χ4v) is 3.51. The van der Waals surface area contributed by atoms with Crippen LogP contribution in [0.3, 0.4) is 0 Å². The first kappa shape index (κ1) is 16.7. The number of rotatable bonds is 5. The van der Waals surface area contributed by atoms with Crippen LogP contribution in [0.5, 0.6) is 0 Å². The first-order valence-corrected chi connectivity index (χ1v) is 8.59. The van der Waals surface area contributed by atoms with E-state index in [4.69, 9.17) is 0 Å². The van der Waals surface area contributed by atoms with Crippen LogP contribution < -0.4 is 0 Å². The predicted molar refractivity (Wildman–Crippen MR) is 91.6 cm³/mol. The quantitative estimate of drug-likeness (QED) is 0.836. The molecule has 0 spiro atoms. The molecule has 4 nitrogen and oxygen atoms in total. The standard InChI is InChI=1S/C17H25N3OS/c1-7-20-12(4)8-15(13(20)5)17(21)19(6)9-14-10-22-16(18-14)11(2)3/h8,10-11H,7,9H2,1-6H3. The SMILES string of the molecule is CCn1c(C)cc(C(=O)N(C)Cc2csc(C(C)C)n2)c1C. The van der Waals surface area contributed by atoms with Crippen LogP contribution in [-0.2, 0) is 13.1 Å². The third-order valence-electron chi connectivity index (χ3n) is 3.93. The average Bonchev–Trinajstić information content (AvgIpc) is 3.03. The molecule has 0 bridgehead atoms. The average molecular weight is 319 g/mol. The van der Waals surface area contributed by atoms with E-state index in [1.54, 1.807) is 16.2 Å². The largest absolute Gasteiger partial charge is 0.349 e. The van der Waals surface area contributed by atoms with Gasteiger partial charge < -0.3 is 9.47 Å². The van der Waals surface area contributed by atoms with Gasteiger partial charge >= 0.3 is 0 Å². The summed E-state index contributed by atoms with van der Waals surface area (Å²) in [4.78, 5) is 19.0. The number of aromatic nitrogens is 2. The van der Waals surface area contributed by atoms with Gasteiger partial charge in [-0.15, -0.1) is 11.3 Å². The number of carbonyl (C=O) groups excluding carboxylic acids is 1. The van der Waals surface area contributed by atoms with E-state index in [2.05, 4.69) is 35.7 Å². The lowest BCUT2D eigenvalue weighted by atomic mass is 10.2. The smallest absolute Gasteiger partial charge is 0.255 e. The number of thiazole rings is 1. The Hall–Kier alpha value is -1.62. The van der Waals surface area contributed by atoms with E-state index in [-0.39, 0.29) is 5.91 Å². The summed E-state index contributed by atoms with van der Waals surface area (Å²) >= 11 is 1.67. The number of hydrogen-bond donors (Lipinski definition) is 0. The van der Waals surface area contributed by atoms with Gasteiger partial charge in [0.2, 0.25) is 0 Å². The molecular formula is C17H25N3OS. The highest BCUT2D eigenvalue weighted by atomic mass is 32.1. The van der Waals surface area contributed by atoms with E-state index in [1.165, 1.54) is 0 Å². The molecular weight excluding hydrogens is 294 g/mol. The molecule has 0 aromatic carbocycles. The molecule has 120 valence electrons. The highest BCUT2D eigenvalue weighted by Gasteiger charge is 2.19. The molecule has 0 atom stereocenters. The molecule has 2 aromatic heterocycles. The lowest BCUT2D eigenvalue weighted by molar-refractivity contribution is 0.0782. The molecule has 0 saturated heterocycles. The minimum Gasteiger partial charge on any atom is -0.349 e. The molecule has 0 N–H and O–H groups in total. The summed E-state index contributed by atoms with van der Waals surface area (Å²) in [6.45, 7) is 11.9. The van der Waals surface area contributed by atoms with Gasteiger partial charge in [-0.3, -0.25) is 4.79 Å². The molecule has 0 aliphatic carbocycles. The van der Waals surface area contributed by atoms with Crippen LogP contribution in [0.1, 0.15) is 59.1 Å². The summed E-state index contributed by atoms with van der Waals surface area (Å²) in [7, 11) is 1.84. The van der Waals surface area contributed by atoms with E-state index in [1.807, 2.05) is 27.0 Å². The molecule has 0 unspecified atom stereocenters. The third-order valence-corrected chi connectivity index (χ3v) is 5.12. The Bertz CT molecular complexity index is 669. The normalized spacial score (nSPS) is 11.2. The van der Waals surface area contributed by atoms with Crippen molar-refractivity contribution in [3.63, 3.8) is 0 Å². The van der Waals surface area contributed by atoms with Gasteiger partial charge in [0.1, 0.15) is 0 Å².